The Labute approximate surface area is 397 Å². The number of aromatic nitrogens is 4. The van der Waals surface area contributed by atoms with Gasteiger partial charge in [0.25, 0.3) is 0 Å². The molecule has 6 fully saturated rings. The van der Waals surface area contributed by atoms with E-state index in [9.17, 15) is 19.2 Å². The monoisotopic (exact) mass is 928 g/mol. The summed E-state index contributed by atoms with van der Waals surface area (Å²) in [5, 5.41) is 7.88. The number of hydrogen-bond acceptors (Lipinski definition) is 10. The van der Waals surface area contributed by atoms with Gasteiger partial charge in [-0.1, -0.05) is 38.0 Å². The zero-order chi connectivity index (χ0) is 47.7. The van der Waals surface area contributed by atoms with Crippen LogP contribution in [0.2, 0.25) is 0 Å². The zero-order valence-corrected chi connectivity index (χ0v) is 40.2. The van der Waals surface area contributed by atoms with Crippen molar-refractivity contribution in [2.75, 3.05) is 14.2 Å². The topological polar surface area (TPSA) is 193 Å². The molecule has 4 N–H and O–H groups in total. The molecule has 9 unspecified atom stereocenters. The first-order chi connectivity index (χ1) is 32.7. The molecule has 2 aliphatic carbocycles. The van der Waals surface area contributed by atoms with E-state index in [0.29, 0.717) is 60.9 Å². The minimum Gasteiger partial charge on any atom is -0.453 e. The summed E-state index contributed by atoms with van der Waals surface area (Å²) in [5.74, 6) is 9.14. The molecular formula is C52H64N8O8. The maximum absolute atomic E-state index is 14.6. The fourth-order valence-corrected chi connectivity index (χ4v) is 12.7. The fraction of sp³-hybridized carbons (Fsp3) is 0.577. The van der Waals surface area contributed by atoms with Gasteiger partial charge in [0.1, 0.15) is 29.4 Å². The second-order valence-corrected chi connectivity index (χ2v) is 20.6. The van der Waals surface area contributed by atoms with Crippen molar-refractivity contribution >= 4 is 34.8 Å². The average molecular weight is 929 g/mol. The molecule has 0 bridgehead atoms. The molecular weight excluding hydrogens is 865 g/mol. The predicted molar refractivity (Wildman–Crippen MR) is 252 cm³/mol. The number of carbonyl (C=O) groups excluding carboxylic acids is 4. The first-order valence-corrected chi connectivity index (χ1v) is 24.5. The summed E-state index contributed by atoms with van der Waals surface area (Å²) in [6.45, 7) is 12.4. The maximum atomic E-state index is 14.6. The van der Waals surface area contributed by atoms with E-state index in [-0.39, 0.29) is 72.2 Å². The first-order valence-electron chi connectivity index (χ1n) is 24.5. The van der Waals surface area contributed by atoms with Crippen LogP contribution in [0, 0.1) is 47.3 Å². The van der Waals surface area contributed by atoms with Gasteiger partial charge in [0.05, 0.1) is 68.8 Å². The lowest BCUT2D eigenvalue weighted by molar-refractivity contribution is -0.141. The van der Waals surface area contributed by atoms with Crippen molar-refractivity contribution in [3.8, 4) is 23.1 Å². The van der Waals surface area contributed by atoms with Crippen LogP contribution in [0.15, 0.2) is 48.8 Å². The largest absolute Gasteiger partial charge is 0.453 e. The number of nitrogens with one attached hydrogen (secondary N) is 4. The number of aromatic amines is 2. The molecule has 360 valence electrons. The second-order valence-electron chi connectivity index (χ2n) is 20.6. The average Bonchev–Trinajstić information content (AvgIpc) is 3.77. The number of benzene rings is 2. The Kier molecular flexibility index (Phi) is 12.3. The highest BCUT2D eigenvalue weighted by atomic mass is 16.5. The minimum atomic E-state index is -0.733. The molecule has 4 saturated heterocycles. The second kappa shape index (κ2) is 18.2. The molecule has 2 aromatic carbocycles. The van der Waals surface area contributed by atoms with E-state index in [1.54, 1.807) is 6.20 Å². The Morgan fingerprint density at radius 1 is 0.647 bits per heavy atom. The molecule has 16 heteroatoms. The van der Waals surface area contributed by atoms with Crippen LogP contribution in [-0.2, 0) is 28.5 Å². The molecule has 6 aliphatic rings. The number of alkyl carbamates (subject to hydrolysis) is 2. The van der Waals surface area contributed by atoms with Crippen LogP contribution in [-0.4, -0.2) is 117 Å². The maximum Gasteiger partial charge on any atom is 0.407 e. The summed E-state index contributed by atoms with van der Waals surface area (Å²) < 4.78 is 21.9. The number of methoxy groups -OCH3 is 2. The molecule has 4 amide bonds. The van der Waals surface area contributed by atoms with E-state index in [1.165, 1.54) is 14.2 Å². The summed E-state index contributed by atoms with van der Waals surface area (Å²) in [6, 6.07) is 10.6. The van der Waals surface area contributed by atoms with E-state index in [2.05, 4.69) is 76.6 Å². The van der Waals surface area contributed by atoms with Gasteiger partial charge >= 0.3 is 12.2 Å². The van der Waals surface area contributed by atoms with E-state index >= 15 is 0 Å². The lowest BCUT2D eigenvalue weighted by Crippen LogP contribution is -2.55. The van der Waals surface area contributed by atoms with Crippen LogP contribution < -0.4 is 10.6 Å². The number of imidazole rings is 2. The molecule has 0 radical (unpaired) electrons. The summed E-state index contributed by atoms with van der Waals surface area (Å²) >= 11 is 0. The third-order valence-electron chi connectivity index (χ3n) is 16.0. The Hall–Kier alpha value is -5.92. The van der Waals surface area contributed by atoms with E-state index in [4.69, 9.17) is 28.9 Å². The number of piperidine rings is 2. The molecule has 2 aromatic heterocycles. The molecule has 4 aliphatic heterocycles. The highest BCUT2D eigenvalue weighted by Gasteiger charge is 2.63. The number of amides is 4. The number of ether oxygens (including phenoxy) is 4. The zero-order valence-electron chi connectivity index (χ0n) is 40.2. The third-order valence-corrected chi connectivity index (χ3v) is 16.0. The quantitative estimate of drug-likeness (QED) is 0.127. The smallest absolute Gasteiger partial charge is 0.407 e. The van der Waals surface area contributed by atoms with Crippen molar-refractivity contribution in [2.45, 2.75) is 141 Å². The normalized spacial score (nSPS) is 33.4. The number of H-pyrrole nitrogens is 2. The van der Waals surface area contributed by atoms with Crippen LogP contribution in [0.5, 0.6) is 0 Å². The Morgan fingerprint density at radius 2 is 1.13 bits per heavy atom. The van der Waals surface area contributed by atoms with Crippen LogP contribution in [0.4, 0.5) is 9.59 Å². The minimum absolute atomic E-state index is 0.0230. The highest BCUT2D eigenvalue weighted by Crippen LogP contribution is 2.59. The fourth-order valence-electron chi connectivity index (χ4n) is 12.7. The SMILES string of the molecule is COC(=O)NC(C(=O)N1C2C(C)C2C[C@H]1c1ncc(-c2ccc3cc(C#Cc4cnc([C@@H]5CC6C([C@@H]6C)N5C(=O)C(NC(=O)OC)C5C[C@@H](C)O[C@@H](C)C5)[nH]4)ccc3c2)[nH]1)C1C[C@@H](C)O[C@@H](C)C1. The number of hydrogen-bond donors (Lipinski definition) is 4. The Bertz CT molecular complexity index is 2630. The molecule has 4 aromatic rings. The van der Waals surface area contributed by atoms with Gasteiger partial charge in [-0.3, -0.25) is 9.59 Å². The third kappa shape index (κ3) is 8.72. The number of fused-ring (bicyclic) bond motifs is 3. The lowest BCUT2D eigenvalue weighted by atomic mass is 9.85. The van der Waals surface area contributed by atoms with E-state index < -0.39 is 24.3 Å². The molecule has 16 atom stereocenters. The molecule has 10 rings (SSSR count). The summed E-state index contributed by atoms with van der Waals surface area (Å²) in [5.41, 5.74) is 3.33. The summed E-state index contributed by atoms with van der Waals surface area (Å²) in [6.07, 6.45) is 6.50. The molecule has 0 spiro atoms. The Balaban J connectivity index is 0.833. The van der Waals surface area contributed by atoms with Crippen LogP contribution >= 0.6 is 0 Å². The summed E-state index contributed by atoms with van der Waals surface area (Å²) in [4.78, 5) is 74.9. The first kappa shape index (κ1) is 45.8. The van der Waals surface area contributed by atoms with Crippen molar-refractivity contribution < 1.29 is 38.1 Å². The Morgan fingerprint density at radius 3 is 1.66 bits per heavy atom. The van der Waals surface area contributed by atoms with Gasteiger partial charge in [0.2, 0.25) is 11.8 Å². The van der Waals surface area contributed by atoms with Crippen molar-refractivity contribution in [1.29, 1.82) is 0 Å². The van der Waals surface area contributed by atoms with E-state index in [1.807, 2.05) is 49.8 Å². The molecule has 6 heterocycles. The number of likely N-dealkylation sites (tertiary alicyclic amines) is 2. The number of nitrogens with zero attached hydrogens (tertiary/aromatic N) is 4. The van der Waals surface area contributed by atoms with Crippen molar-refractivity contribution in [1.82, 2.24) is 40.4 Å². The number of rotatable bonds is 9. The molecule has 16 nitrogen and oxygen atoms in total. The highest BCUT2D eigenvalue weighted by molar-refractivity contribution is 5.89. The van der Waals surface area contributed by atoms with Gasteiger partial charge in [-0.15, -0.1) is 0 Å². The van der Waals surface area contributed by atoms with E-state index in [0.717, 1.165) is 46.3 Å². The van der Waals surface area contributed by atoms with Crippen molar-refractivity contribution in [3.05, 3.63) is 71.7 Å². The van der Waals surface area contributed by atoms with Crippen LogP contribution in [0.25, 0.3) is 22.0 Å². The predicted octanol–water partition coefficient (Wildman–Crippen LogP) is 7.03. The molecule has 2 saturated carbocycles. The number of carbonyl (C=O) groups is 4. The van der Waals surface area contributed by atoms with Gasteiger partial charge in [-0.25, -0.2) is 19.6 Å². The van der Waals surface area contributed by atoms with Crippen LogP contribution in [0.3, 0.4) is 0 Å². The van der Waals surface area contributed by atoms with Crippen LogP contribution in [0.1, 0.15) is 115 Å². The van der Waals surface area contributed by atoms with Gasteiger partial charge < -0.3 is 49.3 Å². The van der Waals surface area contributed by atoms with Crippen molar-refractivity contribution in [3.63, 3.8) is 0 Å². The van der Waals surface area contributed by atoms with Gasteiger partial charge in [0.15, 0.2) is 0 Å². The standard InChI is InChI=1S/C52H64N8O8/c1-25-15-35(16-26(2)67-25)43(57-51(63)65-7)49(61)59-41(21-38-29(5)45(38)59)47-53-23-37(55-47)14-10-31-9-11-33-20-34(13-12-32(33)19-31)40-24-54-48(56-40)42-22-39-30(6)46(39)60(42)50(62)44(58-52(64)66-8)36-17-27(3)68-28(4)18-36/h9,11-13,19-20,23-30,35-36,38-39,41-46H,15-18,21-22H2,1-8H3,(H,53,55)(H,54,56)(H,57,63)(H,58,64)/t25-,26+,27-,28+,29-,30?,35?,36?,38?,39?,41+,42+,43?,44?,45?,46?/m1/s1. The van der Waals surface area contributed by atoms with Gasteiger partial charge in [0, 0.05) is 23.2 Å². The van der Waals surface area contributed by atoms with Gasteiger partial charge in [-0.05, 0) is 137 Å². The lowest BCUT2D eigenvalue weighted by Gasteiger charge is -2.39. The summed E-state index contributed by atoms with van der Waals surface area (Å²) in [7, 11) is 2.64. The molecule has 68 heavy (non-hydrogen) atoms. The van der Waals surface area contributed by atoms with Crippen molar-refractivity contribution in [2.24, 2.45) is 35.5 Å². The van der Waals surface area contributed by atoms with Gasteiger partial charge in [-0.2, -0.15) is 0 Å².